The van der Waals surface area contributed by atoms with Gasteiger partial charge in [0.05, 0.1) is 11.7 Å². The summed E-state index contributed by atoms with van der Waals surface area (Å²) in [6.07, 6.45) is 0.833. The third-order valence-electron chi connectivity index (χ3n) is 0.539. The van der Waals surface area contributed by atoms with Gasteiger partial charge in [-0.3, -0.25) is 10.8 Å². The van der Waals surface area contributed by atoms with E-state index in [1.165, 1.54) is 0 Å². The van der Waals surface area contributed by atoms with Crippen molar-refractivity contribution in [1.29, 1.82) is 10.8 Å². The molecule has 0 rings (SSSR count). The Balaban J connectivity index is 0. The maximum atomic E-state index is 6.46. The molecule has 58 valence electrons. The molecule has 0 aliphatic carbocycles. The predicted molar refractivity (Wildman–Crippen MR) is 43.8 cm³/mol. The number of amidine groups is 2. The van der Waals surface area contributed by atoms with Crippen LogP contribution < -0.4 is 11.5 Å². The van der Waals surface area contributed by atoms with Crippen molar-refractivity contribution in [3.05, 3.63) is 13.8 Å². The number of nitrogens with one attached hydrogen (secondary N) is 2. The highest BCUT2D eigenvalue weighted by Gasteiger charge is 1.71. The summed E-state index contributed by atoms with van der Waals surface area (Å²) >= 11 is 0. The zero-order chi connectivity index (χ0) is 8.57. The van der Waals surface area contributed by atoms with Crippen LogP contribution in [0.5, 0.6) is 0 Å². The normalized spacial score (nSPS) is 7.40. The molecule has 0 bridgehead atoms. The molecule has 0 saturated carbocycles. The molecule has 0 atom stereocenters. The number of hydrogen-bond donors (Lipinski definition) is 4. The second kappa shape index (κ2) is 7.94. The fourth-order valence-electron chi connectivity index (χ4n) is 0. The van der Waals surface area contributed by atoms with Crippen molar-refractivity contribution >= 4 is 11.7 Å². The fraction of sp³-hybridized carbons (Fsp3) is 0.333. The van der Waals surface area contributed by atoms with Gasteiger partial charge in [-0.25, -0.2) is 0 Å². The van der Waals surface area contributed by atoms with Crippen molar-refractivity contribution in [3.63, 3.8) is 0 Å². The van der Waals surface area contributed by atoms with Crippen LogP contribution in [0, 0.1) is 24.7 Å². The molecule has 0 spiro atoms. The van der Waals surface area contributed by atoms with Crippen LogP contribution in [0.25, 0.3) is 0 Å². The van der Waals surface area contributed by atoms with Crippen LogP contribution in [-0.4, -0.2) is 11.7 Å². The quantitative estimate of drug-likeness (QED) is 0.329. The molecule has 0 aromatic carbocycles. The lowest BCUT2D eigenvalue weighted by atomic mass is 10.5. The van der Waals surface area contributed by atoms with Crippen LogP contribution in [0.3, 0.4) is 0 Å². The highest BCUT2D eigenvalue weighted by molar-refractivity contribution is 5.77. The van der Waals surface area contributed by atoms with Crippen LogP contribution in [0.2, 0.25) is 0 Å². The predicted octanol–water partition coefficient (Wildman–Crippen LogP) is 0.293. The van der Waals surface area contributed by atoms with E-state index in [0.717, 1.165) is 0 Å². The van der Waals surface area contributed by atoms with Gasteiger partial charge in [0, 0.05) is 12.8 Å². The van der Waals surface area contributed by atoms with Gasteiger partial charge in [0.2, 0.25) is 0 Å². The first kappa shape index (κ1) is 11.7. The van der Waals surface area contributed by atoms with Gasteiger partial charge in [-0.2, -0.15) is 0 Å². The van der Waals surface area contributed by atoms with Gasteiger partial charge in [-0.1, -0.05) is 0 Å². The molecule has 0 saturated heterocycles. The zero-order valence-electron chi connectivity index (χ0n) is 5.98. The van der Waals surface area contributed by atoms with E-state index in [1.807, 2.05) is 0 Å². The summed E-state index contributed by atoms with van der Waals surface area (Å²) in [6.45, 7) is 6.67. The summed E-state index contributed by atoms with van der Waals surface area (Å²) in [5.41, 5.74) is 9.62. The summed E-state index contributed by atoms with van der Waals surface area (Å²) in [7, 11) is 0. The Labute approximate surface area is 61.6 Å². The van der Waals surface area contributed by atoms with Gasteiger partial charge in [-0.15, -0.1) is 0 Å². The van der Waals surface area contributed by atoms with Crippen molar-refractivity contribution in [3.8, 4) is 0 Å². The topological polar surface area (TPSA) is 99.7 Å². The molecule has 0 fully saturated rings. The van der Waals surface area contributed by atoms with Gasteiger partial charge in [-0.05, 0) is 13.8 Å². The summed E-state index contributed by atoms with van der Waals surface area (Å²) < 4.78 is 0. The summed E-state index contributed by atoms with van der Waals surface area (Å²) in [5, 5.41) is 12.9. The van der Waals surface area contributed by atoms with E-state index in [0.29, 0.717) is 12.8 Å². The average molecular weight is 142 g/mol. The fourth-order valence-corrected chi connectivity index (χ4v) is 0. The van der Waals surface area contributed by atoms with Crippen molar-refractivity contribution in [2.24, 2.45) is 11.5 Å². The smallest absolute Gasteiger partial charge is 0.0905 e. The van der Waals surface area contributed by atoms with E-state index in [1.54, 1.807) is 0 Å². The summed E-state index contributed by atoms with van der Waals surface area (Å²) in [5.74, 6) is 0.287. The van der Waals surface area contributed by atoms with Crippen molar-refractivity contribution in [2.45, 2.75) is 12.8 Å². The molecule has 0 aliphatic rings. The summed E-state index contributed by atoms with van der Waals surface area (Å²) in [4.78, 5) is 0. The highest BCUT2D eigenvalue weighted by Crippen LogP contribution is 1.63. The first-order valence-electron chi connectivity index (χ1n) is 2.78. The molecule has 0 unspecified atom stereocenters. The number of rotatable bonds is 2. The minimum absolute atomic E-state index is 0.144. The molecule has 0 heterocycles. The molecule has 0 aromatic heterocycles. The third kappa shape index (κ3) is 28.3. The standard InChI is InChI=1S/2C3H7N2/c2*1-2-3(4)5/h2*1-2H2,(H3,4,5). The Kier molecular flexibility index (Phi) is 9.29. The van der Waals surface area contributed by atoms with E-state index in [9.17, 15) is 0 Å². The van der Waals surface area contributed by atoms with Crippen LogP contribution in [-0.2, 0) is 0 Å². The second-order valence-electron chi connectivity index (χ2n) is 1.55. The Morgan fingerprint density at radius 3 is 1.10 bits per heavy atom. The van der Waals surface area contributed by atoms with Crippen molar-refractivity contribution in [2.75, 3.05) is 0 Å². The zero-order valence-corrected chi connectivity index (χ0v) is 5.98. The minimum Gasteiger partial charge on any atom is -0.388 e. The van der Waals surface area contributed by atoms with Crippen LogP contribution >= 0.6 is 0 Å². The number of nitrogens with two attached hydrogens (primary N) is 2. The lowest BCUT2D eigenvalue weighted by Crippen LogP contribution is -2.05. The van der Waals surface area contributed by atoms with E-state index in [-0.39, 0.29) is 11.7 Å². The molecular weight excluding hydrogens is 128 g/mol. The average Bonchev–Trinajstić information content (AvgIpc) is 1.89. The monoisotopic (exact) mass is 142 g/mol. The van der Waals surface area contributed by atoms with Gasteiger partial charge in [0.25, 0.3) is 0 Å². The van der Waals surface area contributed by atoms with Crippen LogP contribution in [0.15, 0.2) is 0 Å². The molecular formula is C6H14N4. The second-order valence-corrected chi connectivity index (χ2v) is 1.55. The van der Waals surface area contributed by atoms with Crippen molar-refractivity contribution in [1.82, 2.24) is 0 Å². The van der Waals surface area contributed by atoms with Gasteiger partial charge in [0.1, 0.15) is 0 Å². The number of hydrogen-bond acceptors (Lipinski definition) is 2. The first-order chi connectivity index (χ1) is 4.54. The molecule has 10 heavy (non-hydrogen) atoms. The first-order valence-corrected chi connectivity index (χ1v) is 2.78. The highest BCUT2D eigenvalue weighted by atomic mass is 14.7. The Morgan fingerprint density at radius 1 is 1.00 bits per heavy atom. The van der Waals surface area contributed by atoms with Crippen LogP contribution in [0.1, 0.15) is 12.8 Å². The molecule has 2 radical (unpaired) electrons. The van der Waals surface area contributed by atoms with E-state index >= 15 is 0 Å². The van der Waals surface area contributed by atoms with Crippen LogP contribution in [0.4, 0.5) is 0 Å². The maximum Gasteiger partial charge on any atom is 0.0905 e. The SMILES string of the molecule is [CH2]CC(=N)N.[CH2]CC(=N)N. The molecule has 0 amide bonds. The van der Waals surface area contributed by atoms with Crippen molar-refractivity contribution < 1.29 is 0 Å². The molecule has 4 nitrogen and oxygen atoms in total. The Bertz CT molecular complexity index is 94.3. The molecule has 0 aromatic rings. The molecule has 4 heteroatoms. The Morgan fingerprint density at radius 2 is 1.10 bits per heavy atom. The molecule has 6 N–H and O–H groups in total. The van der Waals surface area contributed by atoms with E-state index < -0.39 is 0 Å². The van der Waals surface area contributed by atoms with E-state index in [2.05, 4.69) is 13.8 Å². The molecule has 0 aliphatic heterocycles. The maximum absolute atomic E-state index is 6.46. The summed E-state index contributed by atoms with van der Waals surface area (Å²) in [6, 6.07) is 0. The third-order valence-corrected chi connectivity index (χ3v) is 0.539. The van der Waals surface area contributed by atoms with E-state index in [4.69, 9.17) is 22.3 Å². The van der Waals surface area contributed by atoms with Gasteiger partial charge < -0.3 is 11.5 Å². The lowest BCUT2D eigenvalue weighted by molar-refractivity contribution is 1.32. The largest absolute Gasteiger partial charge is 0.388 e. The Hall–Kier alpha value is -1.06. The van der Waals surface area contributed by atoms with Gasteiger partial charge >= 0.3 is 0 Å². The van der Waals surface area contributed by atoms with Gasteiger partial charge in [0.15, 0.2) is 0 Å². The minimum atomic E-state index is 0.144. The lowest BCUT2D eigenvalue weighted by Gasteiger charge is -1.78.